The van der Waals surface area contributed by atoms with Crippen molar-refractivity contribution in [2.24, 2.45) is 0 Å². The summed E-state index contributed by atoms with van der Waals surface area (Å²) in [4.78, 5) is 20.6. The molecule has 2 aromatic carbocycles. The predicted molar refractivity (Wildman–Crippen MR) is 140 cm³/mol. The third-order valence-corrected chi connectivity index (χ3v) is 8.11. The van der Waals surface area contributed by atoms with E-state index < -0.39 is 21.2 Å². The second-order valence-corrected chi connectivity index (χ2v) is 10.4. The Morgan fingerprint density at radius 2 is 1.82 bits per heavy atom. The van der Waals surface area contributed by atoms with Crippen LogP contribution in [0.2, 0.25) is 0 Å². The Balaban J connectivity index is 1.61. The normalized spacial score (nSPS) is 12.3. The van der Waals surface area contributed by atoms with E-state index >= 15 is 0 Å². The van der Waals surface area contributed by atoms with E-state index in [1.165, 1.54) is 31.6 Å². The Labute approximate surface area is 218 Å². The molecule has 3 N–H and O–H groups in total. The third-order valence-electron chi connectivity index (χ3n) is 6.12. The van der Waals surface area contributed by atoms with Crippen LogP contribution in [-0.2, 0) is 16.4 Å². The lowest BCUT2D eigenvalue weighted by Crippen LogP contribution is -2.29. The van der Waals surface area contributed by atoms with Gasteiger partial charge >= 0.3 is 5.97 Å². The molecule has 3 aromatic heterocycles. The van der Waals surface area contributed by atoms with Gasteiger partial charge in [-0.05, 0) is 35.9 Å². The smallest absolute Gasteiger partial charge is 0.337 e. The highest BCUT2D eigenvalue weighted by Crippen LogP contribution is 2.32. The van der Waals surface area contributed by atoms with Crippen LogP contribution in [0.25, 0.3) is 22.3 Å². The molecule has 3 heterocycles. The summed E-state index contributed by atoms with van der Waals surface area (Å²) in [6.45, 7) is -0.102. The van der Waals surface area contributed by atoms with Gasteiger partial charge in [0.1, 0.15) is 16.8 Å². The number of nitrogens with one attached hydrogen (secondary N) is 2. The Morgan fingerprint density at radius 3 is 2.47 bits per heavy atom. The second-order valence-electron chi connectivity index (χ2n) is 8.39. The van der Waals surface area contributed by atoms with Crippen molar-refractivity contribution in [1.82, 2.24) is 25.5 Å². The summed E-state index contributed by atoms with van der Waals surface area (Å²) in [5.41, 5.74) is 2.37. The zero-order valence-corrected chi connectivity index (χ0v) is 21.0. The lowest BCUT2D eigenvalue weighted by molar-refractivity contribution is 0.0695. The van der Waals surface area contributed by atoms with E-state index in [-0.39, 0.29) is 17.0 Å². The van der Waals surface area contributed by atoms with Crippen LogP contribution in [0.4, 0.5) is 0 Å². The molecule has 0 saturated heterocycles. The number of sulfone groups is 1. The zero-order chi connectivity index (χ0) is 26.7. The number of aromatic amines is 1. The van der Waals surface area contributed by atoms with Gasteiger partial charge in [0.2, 0.25) is 0 Å². The molecule has 0 bridgehead atoms. The van der Waals surface area contributed by atoms with Crippen molar-refractivity contribution < 1.29 is 23.1 Å². The van der Waals surface area contributed by atoms with Crippen LogP contribution in [0.3, 0.4) is 0 Å². The molecule has 38 heavy (non-hydrogen) atoms. The van der Waals surface area contributed by atoms with Crippen LogP contribution in [0.1, 0.15) is 26.9 Å². The standard InChI is InChI=1S/C27H23N5O5S/c1-37-19-9-11-20(12-10-19)38(35,36)26(18-8-5-13-28-14-18)30-15-21-22(27(33)34)16-29-25-23(21)24(31-32-25)17-6-3-2-4-7-17/h2-14,16,26,30H,15H2,1H3,(H,33,34)(H,29,31,32). The van der Waals surface area contributed by atoms with Crippen molar-refractivity contribution in [2.75, 3.05) is 7.11 Å². The first kappa shape index (κ1) is 25.1. The number of aromatic carboxylic acids is 1. The number of methoxy groups -OCH3 is 1. The number of nitrogens with zero attached hydrogens (tertiary/aromatic N) is 3. The van der Waals surface area contributed by atoms with Crippen LogP contribution < -0.4 is 10.1 Å². The van der Waals surface area contributed by atoms with E-state index in [0.29, 0.717) is 33.6 Å². The SMILES string of the molecule is COc1ccc(S(=O)(=O)C(NCc2c(C(=O)O)cnc3[nH]nc(-c4ccccc4)c23)c2cccnc2)cc1. The van der Waals surface area contributed by atoms with Gasteiger partial charge in [0.05, 0.1) is 23.0 Å². The van der Waals surface area contributed by atoms with E-state index in [0.717, 1.165) is 5.56 Å². The average Bonchev–Trinajstić information content (AvgIpc) is 3.38. The Kier molecular flexibility index (Phi) is 6.86. The highest BCUT2D eigenvalue weighted by molar-refractivity contribution is 7.91. The molecular weight excluding hydrogens is 506 g/mol. The van der Waals surface area contributed by atoms with Gasteiger partial charge in [-0.2, -0.15) is 5.10 Å². The van der Waals surface area contributed by atoms with Gasteiger partial charge in [0.15, 0.2) is 15.5 Å². The molecule has 10 nitrogen and oxygen atoms in total. The van der Waals surface area contributed by atoms with E-state index in [9.17, 15) is 18.3 Å². The molecule has 0 aliphatic heterocycles. The molecule has 1 unspecified atom stereocenters. The molecule has 192 valence electrons. The van der Waals surface area contributed by atoms with Gasteiger partial charge in [-0.1, -0.05) is 36.4 Å². The van der Waals surface area contributed by atoms with Crippen molar-refractivity contribution in [3.05, 3.63) is 102 Å². The summed E-state index contributed by atoms with van der Waals surface area (Å²) in [5, 5.41) is 19.5. The number of carboxylic acid groups (broad SMARTS) is 1. The minimum Gasteiger partial charge on any atom is -0.497 e. The summed E-state index contributed by atoms with van der Waals surface area (Å²) in [6.07, 6.45) is 4.25. The second kappa shape index (κ2) is 10.4. The summed E-state index contributed by atoms with van der Waals surface area (Å²) < 4.78 is 32.8. The van der Waals surface area contributed by atoms with Gasteiger partial charge in [0.25, 0.3) is 0 Å². The Morgan fingerprint density at radius 1 is 1.05 bits per heavy atom. The molecule has 0 amide bonds. The number of carbonyl (C=O) groups is 1. The highest BCUT2D eigenvalue weighted by atomic mass is 32.2. The van der Waals surface area contributed by atoms with Crippen LogP contribution in [-0.4, -0.2) is 46.8 Å². The van der Waals surface area contributed by atoms with Crippen molar-refractivity contribution in [2.45, 2.75) is 16.8 Å². The minimum atomic E-state index is -3.98. The molecule has 0 radical (unpaired) electrons. The lowest BCUT2D eigenvalue weighted by atomic mass is 10.0. The van der Waals surface area contributed by atoms with E-state index in [1.807, 2.05) is 30.3 Å². The van der Waals surface area contributed by atoms with E-state index in [4.69, 9.17) is 4.74 Å². The number of pyridine rings is 2. The first-order valence-electron chi connectivity index (χ1n) is 11.6. The average molecular weight is 530 g/mol. The molecule has 0 aliphatic rings. The number of fused-ring (bicyclic) bond motifs is 1. The minimum absolute atomic E-state index is 0.0598. The number of hydrogen-bond acceptors (Lipinski definition) is 8. The van der Waals surface area contributed by atoms with Crippen molar-refractivity contribution in [1.29, 1.82) is 0 Å². The number of benzene rings is 2. The molecule has 0 spiro atoms. The van der Waals surface area contributed by atoms with E-state index in [1.54, 1.807) is 30.5 Å². The van der Waals surface area contributed by atoms with Crippen LogP contribution in [0, 0.1) is 0 Å². The van der Waals surface area contributed by atoms with Crippen LogP contribution in [0.15, 0.2) is 90.2 Å². The third kappa shape index (κ3) is 4.72. The quantitative estimate of drug-likeness (QED) is 0.258. The summed E-state index contributed by atoms with van der Waals surface area (Å²) in [5.74, 6) is -0.666. The number of carboxylic acids is 1. The number of rotatable bonds is 9. The number of H-pyrrole nitrogens is 1. The molecule has 0 aliphatic carbocycles. The fourth-order valence-corrected chi connectivity index (χ4v) is 5.85. The fraction of sp³-hybridized carbons (Fsp3) is 0.111. The van der Waals surface area contributed by atoms with Crippen LogP contribution >= 0.6 is 0 Å². The molecular formula is C27H23N5O5S. The molecule has 11 heteroatoms. The summed E-state index contributed by atoms with van der Waals surface area (Å²) in [6, 6.07) is 18.6. The fourth-order valence-electron chi connectivity index (χ4n) is 4.26. The Hall–Kier alpha value is -4.61. The van der Waals surface area contributed by atoms with Gasteiger partial charge in [-0.25, -0.2) is 18.2 Å². The molecule has 1 atom stereocenters. The number of hydrogen-bond donors (Lipinski definition) is 3. The molecule has 0 fully saturated rings. The summed E-state index contributed by atoms with van der Waals surface area (Å²) >= 11 is 0. The monoisotopic (exact) mass is 529 g/mol. The molecule has 5 rings (SSSR count). The van der Waals surface area contributed by atoms with E-state index in [2.05, 4.69) is 25.5 Å². The summed E-state index contributed by atoms with van der Waals surface area (Å²) in [7, 11) is -2.48. The van der Waals surface area contributed by atoms with Gasteiger partial charge in [0, 0.05) is 36.3 Å². The van der Waals surface area contributed by atoms with Gasteiger partial charge in [-0.3, -0.25) is 15.4 Å². The van der Waals surface area contributed by atoms with Crippen molar-refractivity contribution in [3.63, 3.8) is 0 Å². The predicted octanol–water partition coefficient (Wildman–Crippen LogP) is 3.99. The number of aromatic nitrogens is 4. The Bertz CT molecular complexity index is 1690. The zero-order valence-electron chi connectivity index (χ0n) is 20.2. The maximum atomic E-state index is 13.8. The van der Waals surface area contributed by atoms with Crippen molar-refractivity contribution >= 4 is 26.8 Å². The maximum Gasteiger partial charge on any atom is 0.337 e. The first-order chi connectivity index (χ1) is 18.4. The molecule has 5 aromatic rings. The highest BCUT2D eigenvalue weighted by Gasteiger charge is 2.30. The van der Waals surface area contributed by atoms with Crippen LogP contribution in [0.5, 0.6) is 5.75 Å². The topological polar surface area (TPSA) is 147 Å². The first-order valence-corrected chi connectivity index (χ1v) is 13.1. The molecule has 0 saturated carbocycles. The number of ether oxygens (including phenoxy) is 1. The largest absolute Gasteiger partial charge is 0.497 e. The lowest BCUT2D eigenvalue weighted by Gasteiger charge is -2.21. The van der Waals surface area contributed by atoms with Gasteiger partial charge in [-0.15, -0.1) is 0 Å². The van der Waals surface area contributed by atoms with Gasteiger partial charge < -0.3 is 9.84 Å². The maximum absolute atomic E-state index is 13.8. The van der Waals surface area contributed by atoms with Crippen molar-refractivity contribution in [3.8, 4) is 17.0 Å².